The fraction of sp³-hybridized carbons (Fsp3) is 0.750. The average Bonchev–Trinajstić information content (AvgIpc) is 2.19. The molecule has 0 N–H and O–H groups in total. The van der Waals surface area contributed by atoms with E-state index in [1.54, 1.807) is 25.7 Å². The predicted molar refractivity (Wildman–Crippen MR) is 60.4 cm³/mol. The highest BCUT2D eigenvalue weighted by Crippen LogP contribution is 2.85. The van der Waals surface area contributed by atoms with E-state index in [9.17, 15) is 0 Å². The Labute approximate surface area is 95.8 Å². The molecule has 0 aromatic rings. The molecule has 0 radical (unpaired) electrons. The lowest BCUT2D eigenvalue weighted by molar-refractivity contribution is -0.130. The second-order valence-corrected chi connectivity index (χ2v) is 7.57. The van der Waals surface area contributed by atoms with Gasteiger partial charge in [-0.05, 0) is 95.3 Å². The molecule has 0 amide bonds. The van der Waals surface area contributed by atoms with Crippen LogP contribution in [-0.2, 0) is 0 Å². The topological polar surface area (TPSA) is 0 Å². The highest BCUT2D eigenvalue weighted by molar-refractivity contribution is 5.78. The normalized spacial score (nSPS) is 69.0. The number of fused-ring (bicyclic) bond motifs is 14. The van der Waals surface area contributed by atoms with Crippen molar-refractivity contribution in [3.63, 3.8) is 0 Å². The van der Waals surface area contributed by atoms with Crippen LogP contribution in [0.2, 0.25) is 0 Å². The molecule has 0 spiro atoms. The Hall–Kier alpha value is -0.520. The standard InChI is InChI=1S/C16H16/c1-2-6-5(1)9-10(6)14-13(9)15-11-7-3-4-8(7)12(11)16(14)15/h5-12H,1-4H2. The Bertz CT molecular complexity index is 439. The molecule has 0 saturated heterocycles. The zero-order valence-electron chi connectivity index (χ0n) is 9.45. The summed E-state index contributed by atoms with van der Waals surface area (Å²) in [5, 5.41) is 0. The van der Waals surface area contributed by atoms with Gasteiger partial charge in [0.15, 0.2) is 0 Å². The van der Waals surface area contributed by atoms with Crippen LogP contribution in [0.5, 0.6) is 0 Å². The second-order valence-electron chi connectivity index (χ2n) is 7.57. The van der Waals surface area contributed by atoms with Crippen LogP contribution in [0.1, 0.15) is 25.7 Å². The SMILES string of the molecule is C1CC2C1C1C3=C(C4=C3C3C5CCC5C43)C21. The van der Waals surface area contributed by atoms with Gasteiger partial charge >= 0.3 is 0 Å². The van der Waals surface area contributed by atoms with Gasteiger partial charge in [-0.2, -0.15) is 0 Å². The van der Waals surface area contributed by atoms with Crippen molar-refractivity contribution in [2.75, 3.05) is 0 Å². The van der Waals surface area contributed by atoms with Crippen LogP contribution in [0.25, 0.3) is 0 Å². The maximum absolute atomic E-state index is 1.97. The average molecular weight is 208 g/mol. The molecule has 0 heteroatoms. The van der Waals surface area contributed by atoms with Crippen molar-refractivity contribution >= 4 is 0 Å². The Morgan fingerprint density at radius 1 is 0.438 bits per heavy atom. The Morgan fingerprint density at radius 3 is 0.875 bits per heavy atom. The molecule has 4 saturated carbocycles. The van der Waals surface area contributed by atoms with Gasteiger partial charge in [-0.1, -0.05) is 0 Å². The van der Waals surface area contributed by atoms with E-state index in [1.165, 1.54) is 23.7 Å². The molecule has 7 aliphatic carbocycles. The number of allylic oxidation sites excluding steroid dienone is 4. The van der Waals surface area contributed by atoms with Gasteiger partial charge in [0.2, 0.25) is 0 Å². The van der Waals surface area contributed by atoms with Crippen LogP contribution >= 0.6 is 0 Å². The van der Waals surface area contributed by atoms with Crippen LogP contribution in [0, 0.1) is 47.3 Å². The molecular formula is C16H16. The zero-order chi connectivity index (χ0) is 9.76. The summed E-state index contributed by atoms with van der Waals surface area (Å²) in [4.78, 5) is 0. The van der Waals surface area contributed by atoms with Gasteiger partial charge in [0.05, 0.1) is 0 Å². The molecule has 0 aliphatic heterocycles. The summed E-state index contributed by atoms with van der Waals surface area (Å²) < 4.78 is 0. The first kappa shape index (κ1) is 7.03. The summed E-state index contributed by atoms with van der Waals surface area (Å²) >= 11 is 0. The van der Waals surface area contributed by atoms with Gasteiger partial charge in [-0.15, -0.1) is 0 Å². The lowest BCUT2D eigenvalue weighted by atomic mass is 9.24. The molecule has 0 heterocycles. The van der Waals surface area contributed by atoms with Crippen LogP contribution in [0.4, 0.5) is 0 Å². The third-order valence-electron chi connectivity index (χ3n) is 7.88. The Kier molecular flexibility index (Phi) is 0.742. The van der Waals surface area contributed by atoms with Gasteiger partial charge in [-0.3, -0.25) is 0 Å². The van der Waals surface area contributed by atoms with Crippen LogP contribution < -0.4 is 0 Å². The lowest BCUT2D eigenvalue weighted by Gasteiger charge is -2.79. The molecule has 8 atom stereocenters. The molecule has 80 valence electrons. The highest BCUT2D eigenvalue weighted by Gasteiger charge is 2.76. The molecule has 16 heavy (non-hydrogen) atoms. The van der Waals surface area contributed by atoms with Crippen molar-refractivity contribution in [1.29, 1.82) is 0 Å². The molecule has 0 aromatic heterocycles. The fourth-order valence-electron chi connectivity index (χ4n) is 7.00. The monoisotopic (exact) mass is 208 g/mol. The summed E-state index contributed by atoms with van der Waals surface area (Å²) in [7, 11) is 0. The van der Waals surface area contributed by atoms with Gasteiger partial charge in [0.1, 0.15) is 0 Å². The van der Waals surface area contributed by atoms with E-state index >= 15 is 0 Å². The van der Waals surface area contributed by atoms with E-state index in [-0.39, 0.29) is 0 Å². The summed E-state index contributed by atoms with van der Waals surface area (Å²) in [5.41, 5.74) is 7.86. The van der Waals surface area contributed by atoms with Crippen molar-refractivity contribution in [2.24, 2.45) is 47.3 Å². The number of rotatable bonds is 0. The largest absolute Gasteiger partial charge is 0.0493 e. The molecule has 4 fully saturated rings. The second kappa shape index (κ2) is 1.69. The summed E-state index contributed by atoms with van der Waals surface area (Å²) in [5.74, 6) is 9.17. The van der Waals surface area contributed by atoms with Gasteiger partial charge in [0, 0.05) is 0 Å². The summed E-state index contributed by atoms with van der Waals surface area (Å²) in [6, 6.07) is 0. The molecular weight excluding hydrogens is 192 g/mol. The van der Waals surface area contributed by atoms with E-state index in [0.717, 1.165) is 23.7 Å². The predicted octanol–water partition coefficient (Wildman–Crippen LogP) is 3.16. The maximum atomic E-state index is 1.97. The fourth-order valence-corrected chi connectivity index (χ4v) is 7.00. The molecule has 0 nitrogen and oxygen atoms in total. The zero-order valence-corrected chi connectivity index (χ0v) is 9.45. The quantitative estimate of drug-likeness (QED) is 0.536. The lowest BCUT2D eigenvalue weighted by Crippen LogP contribution is -2.71. The van der Waals surface area contributed by atoms with Crippen molar-refractivity contribution < 1.29 is 0 Å². The van der Waals surface area contributed by atoms with Crippen LogP contribution in [-0.4, -0.2) is 0 Å². The van der Waals surface area contributed by atoms with E-state index in [2.05, 4.69) is 0 Å². The summed E-state index contributed by atoms with van der Waals surface area (Å²) in [6.07, 6.45) is 6.30. The van der Waals surface area contributed by atoms with Crippen LogP contribution in [0.15, 0.2) is 22.3 Å². The van der Waals surface area contributed by atoms with Crippen molar-refractivity contribution in [2.45, 2.75) is 25.7 Å². The molecule has 0 bridgehead atoms. The van der Waals surface area contributed by atoms with E-state index in [0.29, 0.717) is 0 Å². The van der Waals surface area contributed by atoms with E-state index in [4.69, 9.17) is 0 Å². The molecule has 7 rings (SSSR count). The molecule has 0 aromatic carbocycles. The Morgan fingerprint density at radius 2 is 0.688 bits per heavy atom. The first-order valence-electron chi connectivity index (χ1n) is 7.45. The van der Waals surface area contributed by atoms with E-state index < -0.39 is 0 Å². The first-order chi connectivity index (χ1) is 7.97. The molecule has 7 aliphatic rings. The Balaban J connectivity index is 1.37. The molecule has 8 unspecified atom stereocenters. The van der Waals surface area contributed by atoms with Crippen molar-refractivity contribution in [3.05, 3.63) is 22.3 Å². The van der Waals surface area contributed by atoms with E-state index in [1.807, 2.05) is 22.3 Å². The van der Waals surface area contributed by atoms with Gasteiger partial charge < -0.3 is 0 Å². The third kappa shape index (κ3) is 0.389. The number of hydrogen-bond acceptors (Lipinski definition) is 0. The summed E-state index contributed by atoms with van der Waals surface area (Å²) in [6.45, 7) is 0. The minimum absolute atomic E-state index is 1.12. The van der Waals surface area contributed by atoms with Gasteiger partial charge in [0.25, 0.3) is 0 Å². The first-order valence-corrected chi connectivity index (χ1v) is 7.45. The number of hydrogen-bond donors (Lipinski definition) is 0. The minimum Gasteiger partial charge on any atom is -0.0493 e. The highest BCUT2D eigenvalue weighted by atomic mass is 14.8. The van der Waals surface area contributed by atoms with Crippen molar-refractivity contribution in [1.82, 2.24) is 0 Å². The van der Waals surface area contributed by atoms with Crippen molar-refractivity contribution in [3.8, 4) is 0 Å². The maximum Gasteiger partial charge on any atom is -0.00530 e. The third-order valence-corrected chi connectivity index (χ3v) is 7.88. The van der Waals surface area contributed by atoms with Crippen LogP contribution in [0.3, 0.4) is 0 Å². The smallest absolute Gasteiger partial charge is 0.00530 e. The van der Waals surface area contributed by atoms with Gasteiger partial charge in [-0.25, -0.2) is 0 Å². The minimum atomic E-state index is 1.12.